The lowest BCUT2D eigenvalue weighted by molar-refractivity contribution is 0.282. The molecule has 2 atom stereocenters. The zero-order valence-corrected chi connectivity index (χ0v) is 13.4. The Kier molecular flexibility index (Phi) is 4.32. The molecule has 0 spiro atoms. The van der Waals surface area contributed by atoms with Crippen LogP contribution in [0.25, 0.3) is 11.0 Å². The predicted molar refractivity (Wildman–Crippen MR) is 87.6 cm³/mol. The molecule has 3 heteroatoms. The Labute approximate surface area is 127 Å². The van der Waals surface area contributed by atoms with Crippen LogP contribution in [0.15, 0.2) is 28.7 Å². The van der Waals surface area contributed by atoms with Crippen molar-refractivity contribution in [3.63, 3.8) is 0 Å². The van der Waals surface area contributed by atoms with E-state index >= 15 is 0 Å². The summed E-state index contributed by atoms with van der Waals surface area (Å²) in [6, 6.07) is 9.01. The van der Waals surface area contributed by atoms with Crippen molar-refractivity contribution in [1.29, 1.82) is 0 Å². The molecule has 0 bridgehead atoms. The molecule has 114 valence electrons. The standard InChI is InChI=1S/C18H26N2O/c1-13(12-20-10-6-7-11-20)19-15(3)18-14(2)16-8-4-5-9-17(16)21-18/h4-5,8-9,13,15,19H,6-7,10-12H2,1-3H3. The van der Waals surface area contributed by atoms with E-state index in [1.54, 1.807) is 0 Å². The number of rotatable bonds is 5. The molecule has 2 heterocycles. The van der Waals surface area contributed by atoms with E-state index in [-0.39, 0.29) is 6.04 Å². The third-order valence-corrected chi connectivity index (χ3v) is 4.54. The highest BCUT2D eigenvalue weighted by Gasteiger charge is 2.20. The lowest BCUT2D eigenvalue weighted by Crippen LogP contribution is -2.39. The Balaban J connectivity index is 1.68. The van der Waals surface area contributed by atoms with Crippen LogP contribution in [0.3, 0.4) is 0 Å². The summed E-state index contributed by atoms with van der Waals surface area (Å²) < 4.78 is 6.06. The highest BCUT2D eigenvalue weighted by molar-refractivity contribution is 5.82. The van der Waals surface area contributed by atoms with Gasteiger partial charge in [-0.05, 0) is 58.3 Å². The van der Waals surface area contributed by atoms with E-state index in [0.717, 1.165) is 17.9 Å². The maximum Gasteiger partial charge on any atom is 0.134 e. The first-order valence-corrected chi connectivity index (χ1v) is 8.11. The second kappa shape index (κ2) is 6.20. The number of aryl methyl sites for hydroxylation is 1. The van der Waals surface area contributed by atoms with Crippen LogP contribution in [0.1, 0.15) is 44.1 Å². The summed E-state index contributed by atoms with van der Waals surface area (Å²) in [6.07, 6.45) is 2.70. The van der Waals surface area contributed by atoms with Gasteiger partial charge >= 0.3 is 0 Å². The number of nitrogens with zero attached hydrogens (tertiary/aromatic N) is 1. The highest BCUT2D eigenvalue weighted by atomic mass is 16.3. The fourth-order valence-electron chi connectivity index (χ4n) is 3.51. The largest absolute Gasteiger partial charge is 0.459 e. The molecule has 0 radical (unpaired) electrons. The molecule has 1 N–H and O–H groups in total. The van der Waals surface area contributed by atoms with E-state index in [2.05, 4.69) is 43.1 Å². The van der Waals surface area contributed by atoms with Gasteiger partial charge in [0.25, 0.3) is 0 Å². The molecule has 0 aliphatic carbocycles. The molecule has 1 aromatic carbocycles. The Bertz CT molecular complexity index is 598. The second-order valence-corrected chi connectivity index (χ2v) is 6.38. The summed E-state index contributed by atoms with van der Waals surface area (Å²) in [7, 11) is 0. The number of nitrogens with one attached hydrogen (secondary N) is 1. The van der Waals surface area contributed by atoms with Crippen molar-refractivity contribution in [2.45, 2.75) is 45.7 Å². The van der Waals surface area contributed by atoms with Crippen LogP contribution in [-0.4, -0.2) is 30.6 Å². The van der Waals surface area contributed by atoms with Gasteiger partial charge in [0.2, 0.25) is 0 Å². The monoisotopic (exact) mass is 286 g/mol. The van der Waals surface area contributed by atoms with E-state index in [0.29, 0.717) is 6.04 Å². The van der Waals surface area contributed by atoms with Crippen molar-refractivity contribution in [3.05, 3.63) is 35.6 Å². The summed E-state index contributed by atoms with van der Waals surface area (Å²) in [5.74, 6) is 1.07. The number of para-hydroxylation sites is 1. The normalized spacial score (nSPS) is 19.2. The van der Waals surface area contributed by atoms with Gasteiger partial charge in [0.1, 0.15) is 11.3 Å². The van der Waals surface area contributed by atoms with Gasteiger partial charge in [-0.2, -0.15) is 0 Å². The van der Waals surface area contributed by atoms with Crippen molar-refractivity contribution >= 4 is 11.0 Å². The lowest BCUT2D eigenvalue weighted by atomic mass is 10.1. The van der Waals surface area contributed by atoms with Crippen molar-refractivity contribution in [3.8, 4) is 0 Å². The highest BCUT2D eigenvalue weighted by Crippen LogP contribution is 2.29. The third kappa shape index (κ3) is 3.14. The van der Waals surface area contributed by atoms with E-state index in [1.807, 2.05) is 12.1 Å². The maximum atomic E-state index is 6.06. The van der Waals surface area contributed by atoms with Crippen LogP contribution in [0.5, 0.6) is 0 Å². The molecule has 2 aromatic rings. The molecule has 1 saturated heterocycles. The predicted octanol–water partition coefficient (Wildman–Crippen LogP) is 3.88. The van der Waals surface area contributed by atoms with Gasteiger partial charge in [-0.1, -0.05) is 18.2 Å². The van der Waals surface area contributed by atoms with E-state index in [9.17, 15) is 0 Å². The van der Waals surface area contributed by atoms with Crippen LogP contribution >= 0.6 is 0 Å². The van der Waals surface area contributed by atoms with Crippen LogP contribution in [-0.2, 0) is 0 Å². The van der Waals surface area contributed by atoms with Crippen LogP contribution in [0.2, 0.25) is 0 Å². The topological polar surface area (TPSA) is 28.4 Å². The van der Waals surface area contributed by atoms with Gasteiger partial charge in [0.15, 0.2) is 0 Å². The third-order valence-electron chi connectivity index (χ3n) is 4.54. The first-order valence-electron chi connectivity index (χ1n) is 8.11. The fraction of sp³-hybridized carbons (Fsp3) is 0.556. The molecular formula is C18H26N2O. The number of hydrogen-bond donors (Lipinski definition) is 1. The molecule has 1 aliphatic rings. The zero-order chi connectivity index (χ0) is 14.8. The van der Waals surface area contributed by atoms with Crippen LogP contribution in [0, 0.1) is 6.92 Å². The minimum Gasteiger partial charge on any atom is -0.459 e. The summed E-state index contributed by atoms with van der Waals surface area (Å²) in [5.41, 5.74) is 2.25. The number of fused-ring (bicyclic) bond motifs is 1. The molecule has 1 aliphatic heterocycles. The van der Waals surface area contributed by atoms with Gasteiger partial charge in [-0.25, -0.2) is 0 Å². The van der Waals surface area contributed by atoms with Gasteiger partial charge in [-0.15, -0.1) is 0 Å². The Hall–Kier alpha value is -1.32. The lowest BCUT2D eigenvalue weighted by Gasteiger charge is -2.24. The Morgan fingerprint density at radius 3 is 2.62 bits per heavy atom. The van der Waals surface area contributed by atoms with Crippen molar-refractivity contribution in [2.75, 3.05) is 19.6 Å². The second-order valence-electron chi connectivity index (χ2n) is 6.38. The average molecular weight is 286 g/mol. The minimum atomic E-state index is 0.245. The minimum absolute atomic E-state index is 0.245. The molecule has 1 aromatic heterocycles. The van der Waals surface area contributed by atoms with Crippen LogP contribution < -0.4 is 5.32 Å². The van der Waals surface area contributed by atoms with Gasteiger partial charge in [0, 0.05) is 18.0 Å². The molecule has 3 rings (SSSR count). The van der Waals surface area contributed by atoms with Crippen molar-refractivity contribution in [2.24, 2.45) is 0 Å². The summed E-state index contributed by atoms with van der Waals surface area (Å²) >= 11 is 0. The number of likely N-dealkylation sites (tertiary alicyclic amines) is 1. The van der Waals surface area contributed by atoms with Gasteiger partial charge in [-0.3, -0.25) is 0 Å². The zero-order valence-electron chi connectivity index (χ0n) is 13.4. The molecule has 1 fully saturated rings. The molecule has 3 nitrogen and oxygen atoms in total. The van der Waals surface area contributed by atoms with Crippen molar-refractivity contribution < 1.29 is 4.42 Å². The fourth-order valence-corrected chi connectivity index (χ4v) is 3.51. The number of hydrogen-bond acceptors (Lipinski definition) is 3. The Morgan fingerprint density at radius 2 is 1.90 bits per heavy atom. The summed E-state index contributed by atoms with van der Waals surface area (Å²) in [5, 5.41) is 4.92. The van der Waals surface area contributed by atoms with Crippen molar-refractivity contribution in [1.82, 2.24) is 10.2 Å². The molecular weight excluding hydrogens is 260 g/mol. The molecule has 0 saturated carbocycles. The quantitative estimate of drug-likeness (QED) is 0.904. The first-order chi connectivity index (χ1) is 10.1. The average Bonchev–Trinajstić information content (AvgIpc) is 3.07. The van der Waals surface area contributed by atoms with Gasteiger partial charge in [0.05, 0.1) is 6.04 Å². The maximum absolute atomic E-state index is 6.06. The molecule has 21 heavy (non-hydrogen) atoms. The van der Waals surface area contributed by atoms with E-state index in [4.69, 9.17) is 4.42 Å². The van der Waals surface area contributed by atoms with E-state index < -0.39 is 0 Å². The Morgan fingerprint density at radius 1 is 1.19 bits per heavy atom. The SMILES string of the molecule is Cc1c(C(C)NC(C)CN2CCCC2)oc2ccccc12. The summed E-state index contributed by atoms with van der Waals surface area (Å²) in [6.45, 7) is 10.3. The van der Waals surface area contributed by atoms with E-state index in [1.165, 1.54) is 36.9 Å². The number of furan rings is 1. The first kappa shape index (κ1) is 14.6. The van der Waals surface area contributed by atoms with Gasteiger partial charge < -0.3 is 14.6 Å². The smallest absolute Gasteiger partial charge is 0.134 e. The summed E-state index contributed by atoms with van der Waals surface area (Å²) in [4.78, 5) is 2.55. The number of benzene rings is 1. The molecule has 0 amide bonds. The van der Waals surface area contributed by atoms with Crippen LogP contribution in [0.4, 0.5) is 0 Å². The molecule has 2 unspecified atom stereocenters.